The summed E-state index contributed by atoms with van der Waals surface area (Å²) in [7, 11) is 0.954. The molecule has 3 aromatic carbocycles. The van der Waals surface area contributed by atoms with Gasteiger partial charge in [0.15, 0.2) is 5.58 Å². The van der Waals surface area contributed by atoms with E-state index < -0.39 is 15.3 Å². The largest absolute Gasteiger partial charge is 0.495 e. The molecule has 0 aliphatic rings. The fraction of sp³-hybridized carbons (Fsp3) is 0.167. The number of sulfonamides is 1. The maximum absolute atomic E-state index is 13.0. The van der Waals surface area contributed by atoms with Crippen molar-refractivity contribution in [1.29, 1.82) is 0 Å². The molecule has 8 nitrogen and oxygen atoms in total. The van der Waals surface area contributed by atoms with Crippen LogP contribution in [0.4, 0.5) is 5.69 Å². The Morgan fingerprint density at radius 2 is 1.76 bits per heavy atom. The number of amides is 1. The lowest BCUT2D eigenvalue weighted by atomic mass is 10.1. The van der Waals surface area contributed by atoms with Gasteiger partial charge in [0.05, 0.1) is 17.7 Å². The van der Waals surface area contributed by atoms with E-state index in [2.05, 4.69) is 9.71 Å². The fourth-order valence-electron chi connectivity index (χ4n) is 3.26. The zero-order chi connectivity index (χ0) is 24.3. The quantitative estimate of drug-likeness (QED) is 0.356. The van der Waals surface area contributed by atoms with Crippen molar-refractivity contribution in [3.8, 4) is 5.75 Å². The fourth-order valence-corrected chi connectivity index (χ4v) is 5.45. The summed E-state index contributed by atoms with van der Waals surface area (Å²) in [6.07, 6.45) is 0. The van der Waals surface area contributed by atoms with Gasteiger partial charge in [0.25, 0.3) is 15.2 Å². The predicted molar refractivity (Wildman–Crippen MR) is 132 cm³/mol. The van der Waals surface area contributed by atoms with Gasteiger partial charge in [-0.3, -0.25) is 9.52 Å². The van der Waals surface area contributed by atoms with Gasteiger partial charge in [0.2, 0.25) is 5.91 Å². The van der Waals surface area contributed by atoms with E-state index >= 15 is 0 Å². The predicted octanol–water partition coefficient (Wildman–Crippen LogP) is 4.56. The van der Waals surface area contributed by atoms with Crippen molar-refractivity contribution in [2.75, 3.05) is 25.9 Å². The van der Waals surface area contributed by atoms with Crippen LogP contribution in [0.15, 0.2) is 87.3 Å². The van der Waals surface area contributed by atoms with Gasteiger partial charge in [0, 0.05) is 14.1 Å². The van der Waals surface area contributed by atoms with Crippen LogP contribution in [0.5, 0.6) is 5.75 Å². The van der Waals surface area contributed by atoms with Gasteiger partial charge in [0.1, 0.15) is 16.5 Å². The molecule has 0 spiro atoms. The number of anilines is 1. The first-order chi connectivity index (χ1) is 16.3. The third-order valence-electron chi connectivity index (χ3n) is 4.99. The van der Waals surface area contributed by atoms with E-state index in [0.717, 1.165) is 5.56 Å². The Morgan fingerprint density at radius 3 is 2.47 bits per heavy atom. The number of carbonyl (C=O) groups excluding carboxylic acids is 1. The van der Waals surface area contributed by atoms with Gasteiger partial charge in [-0.05, 0) is 47.7 Å². The molecule has 1 aromatic heterocycles. The number of nitrogens with zero attached hydrogens (tertiary/aromatic N) is 2. The van der Waals surface area contributed by atoms with E-state index in [4.69, 9.17) is 9.15 Å². The molecule has 0 aliphatic heterocycles. The van der Waals surface area contributed by atoms with Crippen LogP contribution in [0.2, 0.25) is 0 Å². The number of methoxy groups -OCH3 is 1. The maximum Gasteiger partial charge on any atom is 0.262 e. The summed E-state index contributed by atoms with van der Waals surface area (Å²) in [6, 6.07) is 20.5. The monoisotopic (exact) mass is 497 g/mol. The Morgan fingerprint density at radius 1 is 1.06 bits per heavy atom. The van der Waals surface area contributed by atoms with E-state index in [1.165, 1.54) is 35.9 Å². The molecule has 176 valence electrons. The number of fused-ring (bicyclic) bond motifs is 1. The summed E-state index contributed by atoms with van der Waals surface area (Å²) < 4.78 is 39.5. The number of hydrogen-bond donors (Lipinski definition) is 1. The Bertz CT molecular complexity index is 1420. The normalized spacial score (nSPS) is 12.3. The lowest BCUT2D eigenvalue weighted by Gasteiger charge is -2.19. The molecule has 0 radical (unpaired) electrons. The number of likely N-dealkylation sites (N-methyl/N-ethyl adjacent to an activating group) is 1. The number of nitrogens with one attached hydrogen (secondary N) is 1. The molecule has 1 N–H and O–H groups in total. The molecule has 1 atom stereocenters. The average Bonchev–Trinajstić information content (AvgIpc) is 3.24. The number of benzene rings is 3. The highest BCUT2D eigenvalue weighted by Gasteiger charge is 2.26. The molecule has 0 saturated carbocycles. The Balaban J connectivity index is 1.63. The summed E-state index contributed by atoms with van der Waals surface area (Å²) in [5.41, 5.74) is 1.93. The van der Waals surface area contributed by atoms with Crippen LogP contribution in [0.1, 0.15) is 10.8 Å². The second kappa shape index (κ2) is 9.78. The van der Waals surface area contributed by atoms with Gasteiger partial charge < -0.3 is 14.1 Å². The minimum Gasteiger partial charge on any atom is -0.495 e. The molecule has 4 aromatic rings. The number of para-hydroxylation sites is 2. The van der Waals surface area contributed by atoms with Crippen LogP contribution in [0, 0.1) is 0 Å². The zero-order valence-electron chi connectivity index (χ0n) is 18.8. The topological polar surface area (TPSA) is 102 Å². The van der Waals surface area contributed by atoms with E-state index in [9.17, 15) is 13.2 Å². The summed E-state index contributed by atoms with van der Waals surface area (Å²) in [4.78, 5) is 18.8. The summed E-state index contributed by atoms with van der Waals surface area (Å²) >= 11 is 1.17. The molecular formula is C24H23N3O5S2. The first-order valence-electron chi connectivity index (χ1n) is 10.3. The van der Waals surface area contributed by atoms with E-state index in [-0.39, 0.29) is 16.0 Å². The molecule has 0 saturated heterocycles. The van der Waals surface area contributed by atoms with Crippen molar-refractivity contribution in [1.82, 2.24) is 9.88 Å². The number of aromatic nitrogens is 1. The van der Waals surface area contributed by atoms with E-state index in [0.29, 0.717) is 22.5 Å². The lowest BCUT2D eigenvalue weighted by molar-refractivity contribution is -0.128. The molecular weight excluding hydrogens is 474 g/mol. The summed E-state index contributed by atoms with van der Waals surface area (Å²) in [5, 5.41) is -0.286. The van der Waals surface area contributed by atoms with Gasteiger partial charge in [-0.1, -0.05) is 42.5 Å². The van der Waals surface area contributed by atoms with E-state index in [1.54, 1.807) is 44.4 Å². The first kappa shape index (κ1) is 23.7. The molecule has 0 fully saturated rings. The third kappa shape index (κ3) is 5.02. The van der Waals surface area contributed by atoms with Crippen LogP contribution in [0.3, 0.4) is 0 Å². The van der Waals surface area contributed by atoms with Crippen molar-refractivity contribution in [2.45, 2.75) is 15.4 Å². The Labute approximate surface area is 202 Å². The standard InChI is InChI=1S/C24H23N3O5S2/c1-27(2)23(28)22(16-9-5-4-6-10-16)33-24-25-19-15-17(13-14-21(19)32-24)34(29,30)26-18-11-7-8-12-20(18)31-3/h4-15,22,26H,1-3H3. The van der Waals surface area contributed by atoms with Crippen LogP contribution in [-0.2, 0) is 14.8 Å². The Hall–Kier alpha value is -3.50. The number of ether oxygens (including phenoxy) is 1. The molecule has 1 amide bonds. The van der Waals surface area contributed by atoms with Crippen LogP contribution in [-0.4, -0.2) is 45.4 Å². The number of carbonyl (C=O) groups is 1. The SMILES string of the molecule is COc1ccccc1NS(=O)(=O)c1ccc2oc(SC(C(=O)N(C)C)c3ccccc3)nc2c1. The lowest BCUT2D eigenvalue weighted by Crippen LogP contribution is -2.26. The number of oxazole rings is 1. The zero-order valence-corrected chi connectivity index (χ0v) is 20.4. The average molecular weight is 498 g/mol. The number of thioether (sulfide) groups is 1. The minimum absolute atomic E-state index is 0.0275. The van der Waals surface area contributed by atoms with Crippen molar-refractivity contribution >= 4 is 44.5 Å². The van der Waals surface area contributed by atoms with Crippen molar-refractivity contribution in [3.63, 3.8) is 0 Å². The molecule has 0 aliphatic carbocycles. The van der Waals surface area contributed by atoms with Crippen molar-refractivity contribution in [3.05, 3.63) is 78.4 Å². The second-order valence-corrected chi connectivity index (χ2v) is 10.3. The second-order valence-electron chi connectivity index (χ2n) is 7.56. The smallest absolute Gasteiger partial charge is 0.262 e. The third-order valence-corrected chi connectivity index (χ3v) is 7.44. The molecule has 34 heavy (non-hydrogen) atoms. The maximum atomic E-state index is 13.0. The highest BCUT2D eigenvalue weighted by molar-refractivity contribution is 8.00. The molecule has 0 bridgehead atoms. The molecule has 1 heterocycles. The van der Waals surface area contributed by atoms with Gasteiger partial charge in [-0.15, -0.1) is 0 Å². The number of rotatable bonds is 8. The van der Waals surface area contributed by atoms with Crippen LogP contribution < -0.4 is 9.46 Å². The van der Waals surface area contributed by atoms with Crippen molar-refractivity contribution in [2.24, 2.45) is 0 Å². The van der Waals surface area contributed by atoms with Crippen molar-refractivity contribution < 1.29 is 22.4 Å². The first-order valence-corrected chi connectivity index (χ1v) is 12.6. The van der Waals surface area contributed by atoms with Gasteiger partial charge >= 0.3 is 0 Å². The minimum atomic E-state index is -3.90. The summed E-state index contributed by atoms with van der Waals surface area (Å²) in [5.74, 6) is 0.299. The van der Waals surface area contributed by atoms with Gasteiger partial charge in [-0.25, -0.2) is 13.4 Å². The highest BCUT2D eigenvalue weighted by atomic mass is 32.2. The Kier molecular flexibility index (Phi) is 6.80. The van der Waals surface area contributed by atoms with E-state index in [1.807, 2.05) is 30.3 Å². The molecule has 4 rings (SSSR count). The molecule has 1 unspecified atom stereocenters. The number of hydrogen-bond acceptors (Lipinski definition) is 7. The summed E-state index contributed by atoms with van der Waals surface area (Å²) in [6.45, 7) is 0. The molecule has 10 heteroatoms. The van der Waals surface area contributed by atoms with Crippen LogP contribution >= 0.6 is 11.8 Å². The van der Waals surface area contributed by atoms with Crippen LogP contribution in [0.25, 0.3) is 11.1 Å². The highest BCUT2D eigenvalue weighted by Crippen LogP contribution is 2.37. The van der Waals surface area contributed by atoms with Gasteiger partial charge in [-0.2, -0.15) is 0 Å².